The Bertz CT molecular complexity index is 4120. The quantitative estimate of drug-likeness (QED) is 0.0271. The van der Waals surface area contributed by atoms with Gasteiger partial charge in [0.15, 0.2) is 0 Å². The first kappa shape index (κ1) is 107. The van der Waals surface area contributed by atoms with Crippen LogP contribution in [0, 0.1) is 12.3 Å². The van der Waals surface area contributed by atoms with Gasteiger partial charge in [0, 0.05) is 105 Å². The molecule has 3 aromatic carbocycles. The number of rotatable bonds is 18. The summed E-state index contributed by atoms with van der Waals surface area (Å²) in [5, 5.41) is 14.1. The highest BCUT2D eigenvalue weighted by Gasteiger charge is 2.49. The van der Waals surface area contributed by atoms with Crippen LogP contribution in [0.3, 0.4) is 0 Å². The fourth-order valence-corrected chi connectivity index (χ4v) is 14.7. The summed E-state index contributed by atoms with van der Waals surface area (Å²) in [7, 11) is 3.17. The summed E-state index contributed by atoms with van der Waals surface area (Å²) >= 11 is 0. The number of methoxy groups -OCH3 is 3. The zero-order chi connectivity index (χ0) is 94.1. The number of hydrogen-bond donors (Lipinski definition) is 2. The predicted molar refractivity (Wildman–Crippen MR) is 409 cm³/mol. The maximum absolute atomic E-state index is 13.5. The van der Waals surface area contributed by atoms with Gasteiger partial charge in [-0.15, -0.1) is 6.42 Å². The number of hydrogen-bond acceptors (Lipinski definition) is 19. The van der Waals surface area contributed by atoms with Crippen LogP contribution >= 0.6 is 0 Å². The standard InChI is InChI=1S/2C27H33F6N3O5.C27H32F6N2O5.H3NO.H2O/c1-6-20-13-21(14-22(12-19-7-8-40-34-19)36(20)24(38)41-25(2,3)4)35(23(37)39-5)15-16-9-17(26(28,29)30)11-18(10-16)27(31,32)33;1-6-19-12-20(13-21(14-22-7-8-34-41-22)36(19)24(38)40-25(2,3)4)35(23(37)39-5)15-16-9-17(26(28,29)30)11-18(10-16)27(31,32)33;1-7-19-12-20(13-21(14-22(36)8-2)35(19)24(38)40-25(3,4)5)34(23(37)39-6)15-16-9-17(26(28,29)30)11-18(10-16)27(31,32)33;1-2;/h7-11,20-22H,6,12-15H2,1-5H3;7-11,19-21H,6,12-15H2,1-5H3;2,9-11,19-21H,7,12-15H2,1,3-6H3;2H,1H2;1H2/t20-,21+,22+;2*19-,20+,21-;;/m111../s1. The second-order valence-electron chi connectivity index (χ2n) is 32.4. The number of nitrogens with two attached hydrogens (primary N) is 1. The van der Waals surface area contributed by atoms with Gasteiger partial charge in [-0.2, -0.15) is 79.0 Å². The number of piperidine rings is 3. The highest BCUT2D eigenvalue weighted by Crippen LogP contribution is 2.44. The summed E-state index contributed by atoms with van der Waals surface area (Å²) in [4.78, 5) is 98.3. The molecule has 0 saturated carbocycles. The molecule has 44 heteroatoms. The highest BCUT2D eigenvalue weighted by molar-refractivity contribution is 5.95. The van der Waals surface area contributed by atoms with Crippen LogP contribution in [-0.4, -0.2) is 185 Å². The molecule has 2 aromatic heterocycles. The molecule has 0 spiro atoms. The number of alkyl halides is 18. The van der Waals surface area contributed by atoms with E-state index < -0.39 is 209 Å². The molecular formula is C81H103F18N9O17. The van der Waals surface area contributed by atoms with Crippen LogP contribution in [0.1, 0.15) is 209 Å². The van der Waals surface area contributed by atoms with Gasteiger partial charge in [0.25, 0.3) is 0 Å². The van der Waals surface area contributed by atoms with Gasteiger partial charge in [-0.3, -0.25) is 4.79 Å². The molecule has 0 aliphatic carbocycles. The Morgan fingerprint density at radius 2 is 0.720 bits per heavy atom. The number of likely N-dealkylation sites (tertiary alicyclic amines) is 3. The van der Waals surface area contributed by atoms with Gasteiger partial charge in [0.2, 0.25) is 5.78 Å². The minimum Gasteiger partial charge on any atom is -0.453 e. The van der Waals surface area contributed by atoms with Crippen molar-refractivity contribution in [1.29, 1.82) is 0 Å². The van der Waals surface area contributed by atoms with Gasteiger partial charge >= 0.3 is 73.6 Å². The number of nitrogens with zero attached hydrogens (tertiary/aromatic N) is 8. The van der Waals surface area contributed by atoms with Crippen molar-refractivity contribution in [2.45, 2.75) is 288 Å². The topological polar surface area (TPSA) is 324 Å². The molecule has 5 aromatic rings. The fraction of sp³-hybridized carbons (Fsp3) is 0.593. The Hall–Kier alpha value is -10.5. The smallest absolute Gasteiger partial charge is 0.416 e. The average Bonchev–Trinajstić information content (AvgIpc) is 1.47. The Morgan fingerprint density at radius 3 is 0.952 bits per heavy atom. The minimum atomic E-state index is -5.07. The SMILES string of the molecule is C#CC(=O)C[C@H]1C[C@@H](N(Cc2cc(C(F)(F)F)cc(C(F)(F)F)c2)C(=O)OC)C[C@@H](CC)N1C(=O)OC(C)(C)C.CC[C@@H]1C[C@H](N(Cc2cc(C(F)(F)F)cc(C(F)(F)F)c2)C(=O)OC)C[C@H](Cc2ccno2)N1C(=O)OC(C)(C)C.CC[C@@H]1C[C@H](N(Cc2cc(C(F)(F)F)cc(C(F)(F)F)c2)C(=O)OC)C[C@H](Cc2ccon2)N1C(=O)OC(C)(C)C.NO.O. The Kier molecular flexibility index (Phi) is 37.3. The summed E-state index contributed by atoms with van der Waals surface area (Å²) < 4.78 is 284. The first-order valence-electron chi connectivity index (χ1n) is 38.6. The van der Waals surface area contributed by atoms with E-state index >= 15 is 0 Å². The summed E-state index contributed by atoms with van der Waals surface area (Å²) in [6.07, 6.45) is -25.1. The van der Waals surface area contributed by atoms with Crippen molar-refractivity contribution in [3.8, 4) is 12.3 Å². The second kappa shape index (κ2) is 43.6. The van der Waals surface area contributed by atoms with E-state index in [-0.39, 0.29) is 92.6 Å². The molecule has 3 aliphatic heterocycles. The van der Waals surface area contributed by atoms with E-state index in [0.717, 1.165) is 36.0 Å². The first-order chi connectivity index (χ1) is 57.1. The third kappa shape index (κ3) is 31.3. The van der Waals surface area contributed by atoms with Crippen molar-refractivity contribution >= 4 is 42.3 Å². The zero-order valence-electron chi connectivity index (χ0n) is 70.9. The third-order valence-corrected chi connectivity index (χ3v) is 19.8. The van der Waals surface area contributed by atoms with Crippen molar-refractivity contribution in [2.75, 3.05) is 21.3 Å². The molecule has 3 aliphatic rings. The fourth-order valence-electron chi connectivity index (χ4n) is 14.7. The summed E-state index contributed by atoms with van der Waals surface area (Å²) in [5.41, 5.74) is -12.1. The van der Waals surface area contributed by atoms with E-state index in [0.29, 0.717) is 67.1 Å². The van der Waals surface area contributed by atoms with Crippen molar-refractivity contribution in [1.82, 2.24) is 39.7 Å². The van der Waals surface area contributed by atoms with Crippen molar-refractivity contribution in [2.24, 2.45) is 5.90 Å². The molecule has 5 heterocycles. The lowest BCUT2D eigenvalue weighted by Crippen LogP contribution is -2.58. The molecule has 0 radical (unpaired) electrons. The highest BCUT2D eigenvalue weighted by atomic mass is 19.4. The second-order valence-corrected chi connectivity index (χ2v) is 32.4. The van der Waals surface area contributed by atoms with Crippen LogP contribution in [0.15, 0.2) is 88.2 Å². The van der Waals surface area contributed by atoms with E-state index in [4.69, 9.17) is 49.1 Å². The number of aromatic nitrogens is 2. The molecule has 6 amide bonds. The lowest BCUT2D eigenvalue weighted by Gasteiger charge is -2.47. The number of halogens is 18. The van der Waals surface area contributed by atoms with Crippen LogP contribution in [0.4, 0.5) is 108 Å². The number of amides is 6. The number of benzene rings is 3. The molecule has 0 unspecified atom stereocenters. The maximum Gasteiger partial charge on any atom is 0.416 e. The summed E-state index contributed by atoms with van der Waals surface area (Å²) in [5.74, 6) is 5.28. The van der Waals surface area contributed by atoms with Gasteiger partial charge in [-0.1, -0.05) is 31.1 Å². The van der Waals surface area contributed by atoms with E-state index in [1.54, 1.807) is 91.2 Å². The maximum atomic E-state index is 13.5. The van der Waals surface area contributed by atoms with Gasteiger partial charge in [-0.05, 0) is 197 Å². The predicted octanol–water partition coefficient (Wildman–Crippen LogP) is 19.1. The molecule has 8 rings (SSSR count). The number of terminal acetylenes is 1. The molecule has 3 saturated heterocycles. The van der Waals surface area contributed by atoms with Crippen LogP contribution in [0.5, 0.6) is 0 Å². The van der Waals surface area contributed by atoms with Gasteiger partial charge in [0.1, 0.15) is 28.8 Å². The van der Waals surface area contributed by atoms with Gasteiger partial charge < -0.3 is 77.6 Å². The zero-order valence-corrected chi connectivity index (χ0v) is 70.9. The van der Waals surface area contributed by atoms with Crippen LogP contribution in [0.25, 0.3) is 0 Å². The number of ketones is 1. The summed E-state index contributed by atoms with van der Waals surface area (Å²) in [6, 6.07) is 0.900. The van der Waals surface area contributed by atoms with Gasteiger partial charge in [0.05, 0.1) is 66.6 Å². The number of ether oxygens (including phenoxy) is 6. The molecule has 3 fully saturated rings. The van der Waals surface area contributed by atoms with E-state index in [1.165, 1.54) is 17.4 Å². The third-order valence-electron chi connectivity index (χ3n) is 19.8. The number of carbonyl (C=O) groups is 7. The molecule has 0 bridgehead atoms. The van der Waals surface area contributed by atoms with Crippen molar-refractivity contribution in [3.05, 3.63) is 141 Å². The summed E-state index contributed by atoms with van der Waals surface area (Å²) in [6.45, 7) is 18.8. The molecule has 5 N–H and O–H groups in total. The van der Waals surface area contributed by atoms with Crippen molar-refractivity contribution < 1.29 is 161 Å². The normalized spacial score (nSPS) is 19.6. The van der Waals surface area contributed by atoms with Crippen LogP contribution < -0.4 is 5.90 Å². The Labute approximate surface area is 708 Å². The van der Waals surface area contributed by atoms with E-state index in [9.17, 15) is 113 Å². The van der Waals surface area contributed by atoms with E-state index in [2.05, 4.69) is 16.2 Å². The monoisotopic (exact) mass is 1820 g/mol. The molecule has 9 atom stereocenters. The minimum absolute atomic E-state index is 0. The average molecular weight is 1820 g/mol. The first-order valence-corrected chi connectivity index (χ1v) is 38.6. The molecular weight excluding hydrogens is 1710 g/mol. The lowest BCUT2D eigenvalue weighted by molar-refractivity contribution is -0.144. The van der Waals surface area contributed by atoms with Crippen LogP contribution in [0.2, 0.25) is 0 Å². The Morgan fingerprint density at radius 1 is 0.448 bits per heavy atom. The molecule has 26 nitrogen and oxygen atoms in total. The van der Waals surface area contributed by atoms with Gasteiger partial charge in [-0.25, -0.2) is 34.7 Å². The number of carbonyl (C=O) groups excluding carboxylic acids is 7. The lowest BCUT2D eigenvalue weighted by atomic mass is 9.86. The molecule has 700 valence electrons. The number of Topliss-reactive ketones (excluding diaryl/α,β-unsaturated/α-hetero) is 1. The molecule has 125 heavy (non-hydrogen) atoms. The Balaban J connectivity index is 0.000000388. The van der Waals surface area contributed by atoms with Crippen molar-refractivity contribution in [3.63, 3.8) is 0 Å². The largest absolute Gasteiger partial charge is 0.453 e. The van der Waals surface area contributed by atoms with Crippen LogP contribution in [-0.2, 0) is 103 Å². The van der Waals surface area contributed by atoms with E-state index in [1.807, 2.05) is 19.8 Å².